The highest BCUT2D eigenvalue weighted by molar-refractivity contribution is 8.13. The molecule has 0 radical (unpaired) electrons. The van der Waals surface area contributed by atoms with Crippen LogP contribution in [0.5, 0.6) is 5.75 Å². The lowest BCUT2D eigenvalue weighted by atomic mass is 10.1. The highest BCUT2D eigenvalue weighted by Crippen LogP contribution is 2.32. The van der Waals surface area contributed by atoms with Gasteiger partial charge in [-0.15, -0.1) is 10.2 Å². The molecule has 20 heavy (non-hydrogen) atoms. The molecular formula is C12H14ClN3O3S. The van der Waals surface area contributed by atoms with E-state index in [1.807, 2.05) is 6.07 Å². The first-order valence-corrected chi connectivity index (χ1v) is 8.11. The average Bonchev–Trinajstić information content (AvgIpc) is 2.72. The summed E-state index contributed by atoms with van der Waals surface area (Å²) in [6, 6.07) is 3.32. The van der Waals surface area contributed by atoms with Crippen LogP contribution >= 0.6 is 10.7 Å². The number of ether oxygens (including phenoxy) is 1. The molecule has 108 valence electrons. The van der Waals surface area contributed by atoms with E-state index in [1.165, 1.54) is 6.07 Å². The lowest BCUT2D eigenvalue weighted by Gasteiger charge is -2.13. The molecule has 0 aliphatic heterocycles. The summed E-state index contributed by atoms with van der Waals surface area (Å²) in [6.45, 7) is 3.68. The summed E-state index contributed by atoms with van der Waals surface area (Å²) in [5.74, 6) is 0.830. The summed E-state index contributed by atoms with van der Waals surface area (Å²) in [5.41, 5.74) is 1.50. The molecule has 0 N–H and O–H groups in total. The number of benzene rings is 1. The van der Waals surface area contributed by atoms with Gasteiger partial charge in [0.25, 0.3) is 9.05 Å². The van der Waals surface area contributed by atoms with Crippen LogP contribution < -0.4 is 4.74 Å². The van der Waals surface area contributed by atoms with Gasteiger partial charge < -0.3 is 9.30 Å². The van der Waals surface area contributed by atoms with Crippen molar-refractivity contribution in [2.24, 2.45) is 7.05 Å². The first kappa shape index (κ1) is 14.8. The Hall–Kier alpha value is -1.60. The van der Waals surface area contributed by atoms with E-state index in [1.54, 1.807) is 31.8 Å². The number of aromatic nitrogens is 3. The second-order valence-corrected chi connectivity index (χ2v) is 7.03. The van der Waals surface area contributed by atoms with Crippen LogP contribution in [0, 0.1) is 13.8 Å². The topological polar surface area (TPSA) is 74.1 Å². The van der Waals surface area contributed by atoms with Gasteiger partial charge in [-0.2, -0.15) is 0 Å². The number of hydrogen-bond acceptors (Lipinski definition) is 5. The number of aryl methyl sites for hydroxylation is 3. The molecule has 2 aromatic rings. The molecule has 0 fully saturated rings. The molecule has 6 nitrogen and oxygen atoms in total. The first-order valence-electron chi connectivity index (χ1n) is 5.80. The quantitative estimate of drug-likeness (QED) is 0.806. The largest absolute Gasteiger partial charge is 0.484 e. The van der Waals surface area contributed by atoms with Crippen molar-refractivity contribution in [2.45, 2.75) is 25.3 Å². The van der Waals surface area contributed by atoms with E-state index in [9.17, 15) is 8.42 Å². The summed E-state index contributed by atoms with van der Waals surface area (Å²) in [6.07, 6.45) is 1.54. The van der Waals surface area contributed by atoms with E-state index in [-0.39, 0.29) is 17.3 Å². The molecule has 1 aromatic heterocycles. The van der Waals surface area contributed by atoms with Gasteiger partial charge in [-0.1, -0.05) is 6.07 Å². The zero-order valence-corrected chi connectivity index (χ0v) is 12.9. The number of rotatable bonds is 4. The van der Waals surface area contributed by atoms with Crippen molar-refractivity contribution < 1.29 is 13.2 Å². The van der Waals surface area contributed by atoms with Gasteiger partial charge in [-0.05, 0) is 31.0 Å². The van der Waals surface area contributed by atoms with E-state index in [0.717, 1.165) is 5.56 Å². The molecule has 1 heterocycles. The monoisotopic (exact) mass is 315 g/mol. The summed E-state index contributed by atoms with van der Waals surface area (Å²) in [7, 11) is 3.36. The molecule has 0 aliphatic rings. The predicted octanol–water partition coefficient (Wildman–Crippen LogP) is 1.94. The fourth-order valence-corrected chi connectivity index (χ4v) is 2.97. The lowest BCUT2D eigenvalue weighted by molar-refractivity contribution is 0.281. The molecule has 0 spiro atoms. The molecule has 0 aliphatic carbocycles. The third-order valence-electron chi connectivity index (χ3n) is 2.80. The molecule has 0 saturated carbocycles. The summed E-state index contributed by atoms with van der Waals surface area (Å²) in [4.78, 5) is -0.0289. The summed E-state index contributed by atoms with van der Waals surface area (Å²) < 4.78 is 30.6. The Labute approximate surface area is 121 Å². The third-order valence-corrected chi connectivity index (χ3v) is 4.13. The van der Waals surface area contributed by atoms with Crippen molar-refractivity contribution in [3.05, 3.63) is 35.4 Å². The van der Waals surface area contributed by atoms with E-state index in [0.29, 0.717) is 11.4 Å². The molecule has 0 bridgehead atoms. The Morgan fingerprint density at radius 3 is 2.60 bits per heavy atom. The van der Waals surface area contributed by atoms with Crippen LogP contribution in [0.1, 0.15) is 17.0 Å². The minimum atomic E-state index is -3.88. The summed E-state index contributed by atoms with van der Waals surface area (Å²) in [5, 5.41) is 7.61. The van der Waals surface area contributed by atoms with Gasteiger partial charge >= 0.3 is 0 Å². The Bertz CT molecular complexity index is 740. The number of halogens is 1. The molecule has 1 aromatic carbocycles. The smallest absolute Gasteiger partial charge is 0.265 e. The predicted molar refractivity (Wildman–Crippen MR) is 74.3 cm³/mol. The van der Waals surface area contributed by atoms with Crippen molar-refractivity contribution in [1.82, 2.24) is 14.8 Å². The highest BCUT2D eigenvalue weighted by Gasteiger charge is 2.20. The van der Waals surface area contributed by atoms with Crippen LogP contribution in [0.15, 0.2) is 23.4 Å². The zero-order chi connectivity index (χ0) is 14.9. The third kappa shape index (κ3) is 3.10. The molecule has 0 atom stereocenters. The van der Waals surface area contributed by atoms with Gasteiger partial charge in [0.1, 0.15) is 23.6 Å². The minimum absolute atomic E-state index is 0.0289. The molecular weight excluding hydrogens is 302 g/mol. The average molecular weight is 316 g/mol. The summed E-state index contributed by atoms with van der Waals surface area (Å²) >= 11 is 0. The van der Waals surface area contributed by atoms with Crippen LogP contribution in [0.25, 0.3) is 0 Å². The minimum Gasteiger partial charge on any atom is -0.484 e. The van der Waals surface area contributed by atoms with Crippen LogP contribution in [-0.2, 0) is 22.7 Å². The van der Waals surface area contributed by atoms with E-state index in [4.69, 9.17) is 15.4 Å². The van der Waals surface area contributed by atoms with Gasteiger partial charge in [0.05, 0.1) is 0 Å². The van der Waals surface area contributed by atoms with Crippen LogP contribution in [0.4, 0.5) is 0 Å². The molecule has 2 rings (SSSR count). The lowest BCUT2D eigenvalue weighted by Crippen LogP contribution is -2.07. The number of nitrogens with zero attached hydrogens (tertiary/aromatic N) is 3. The van der Waals surface area contributed by atoms with Crippen molar-refractivity contribution in [2.75, 3.05) is 0 Å². The number of hydrogen-bond donors (Lipinski definition) is 0. The van der Waals surface area contributed by atoms with Crippen LogP contribution in [0.3, 0.4) is 0 Å². The molecule has 0 amide bonds. The molecule has 0 saturated heterocycles. The Kier molecular flexibility index (Phi) is 4.01. The fraction of sp³-hybridized carbons (Fsp3) is 0.333. The van der Waals surface area contributed by atoms with Crippen LogP contribution in [0.2, 0.25) is 0 Å². The SMILES string of the molecule is Cc1cc(C)c(OCc2nncn2C)c(S(=O)(=O)Cl)c1. The highest BCUT2D eigenvalue weighted by atomic mass is 35.7. The Balaban J connectivity index is 2.38. The molecule has 0 unspecified atom stereocenters. The van der Waals surface area contributed by atoms with Gasteiger partial charge in [0.15, 0.2) is 5.82 Å². The maximum atomic E-state index is 11.6. The van der Waals surface area contributed by atoms with E-state index < -0.39 is 9.05 Å². The zero-order valence-electron chi connectivity index (χ0n) is 11.3. The van der Waals surface area contributed by atoms with Crippen molar-refractivity contribution in [3.63, 3.8) is 0 Å². The van der Waals surface area contributed by atoms with Gasteiger partial charge in [-0.25, -0.2) is 8.42 Å². The molecule has 8 heteroatoms. The van der Waals surface area contributed by atoms with Crippen LogP contribution in [-0.4, -0.2) is 23.2 Å². The van der Waals surface area contributed by atoms with Gasteiger partial charge in [-0.3, -0.25) is 0 Å². The van der Waals surface area contributed by atoms with Crippen molar-refractivity contribution in [1.29, 1.82) is 0 Å². The van der Waals surface area contributed by atoms with E-state index >= 15 is 0 Å². The normalized spacial score (nSPS) is 11.6. The fourth-order valence-electron chi connectivity index (χ4n) is 1.86. The van der Waals surface area contributed by atoms with Gasteiger partial charge in [0, 0.05) is 17.7 Å². The first-order chi connectivity index (χ1) is 9.29. The second kappa shape index (κ2) is 5.41. The second-order valence-electron chi connectivity index (χ2n) is 4.49. The Morgan fingerprint density at radius 2 is 2.05 bits per heavy atom. The standard InChI is InChI=1S/C12H14ClN3O3S/c1-8-4-9(2)12(10(5-8)20(13,17)18)19-6-11-15-14-7-16(11)3/h4-5,7H,6H2,1-3H3. The van der Waals surface area contributed by atoms with E-state index in [2.05, 4.69) is 10.2 Å². The van der Waals surface area contributed by atoms with Crippen molar-refractivity contribution >= 4 is 19.7 Å². The maximum Gasteiger partial charge on any atom is 0.265 e. The van der Waals surface area contributed by atoms with Crippen molar-refractivity contribution in [3.8, 4) is 5.75 Å². The maximum absolute atomic E-state index is 11.6. The Morgan fingerprint density at radius 1 is 1.35 bits per heavy atom. The van der Waals surface area contributed by atoms with Gasteiger partial charge in [0.2, 0.25) is 0 Å².